The molecule has 1 saturated carbocycles. The molecule has 0 atom stereocenters. The van der Waals surface area contributed by atoms with Crippen LogP contribution in [0.25, 0.3) is 0 Å². The molecular weight excluding hydrogens is 202 g/mol. The normalized spacial score (nSPS) is 17.6. The van der Waals surface area contributed by atoms with Crippen molar-refractivity contribution >= 4 is 17.4 Å². The molecule has 1 heterocycles. The van der Waals surface area contributed by atoms with E-state index in [2.05, 4.69) is 22.2 Å². The minimum absolute atomic E-state index is 0.158. The number of ether oxygens (including phenoxy) is 1. The summed E-state index contributed by atoms with van der Waals surface area (Å²) in [4.78, 5) is 7.95. The van der Waals surface area contributed by atoms with Gasteiger partial charge in [-0.05, 0) is 19.8 Å². The summed E-state index contributed by atoms with van der Waals surface area (Å²) in [5.41, 5.74) is 0.158. The van der Waals surface area contributed by atoms with E-state index in [0.717, 1.165) is 12.8 Å². The molecule has 0 aromatic carbocycles. The lowest BCUT2D eigenvalue weighted by Gasteiger charge is -2.14. The summed E-state index contributed by atoms with van der Waals surface area (Å²) in [5, 5.41) is 3.63. The van der Waals surface area contributed by atoms with E-state index in [0.29, 0.717) is 16.7 Å². The Morgan fingerprint density at radius 1 is 1.50 bits per heavy atom. The number of nitrogens with one attached hydrogen (secondary N) is 1. The molecule has 0 radical (unpaired) electrons. The van der Waals surface area contributed by atoms with Crippen molar-refractivity contribution in [3.63, 3.8) is 0 Å². The van der Waals surface area contributed by atoms with Gasteiger partial charge in [-0.25, -0.2) is 9.97 Å². The van der Waals surface area contributed by atoms with E-state index >= 15 is 0 Å². The number of hydrogen-bond donors (Lipinski definition) is 1. The summed E-state index contributed by atoms with van der Waals surface area (Å²) in [6.45, 7) is 2.14. The zero-order valence-corrected chi connectivity index (χ0v) is 8.93. The highest BCUT2D eigenvalue weighted by atomic mass is 35.5. The summed E-state index contributed by atoms with van der Waals surface area (Å²) in [7, 11) is 1.56. The number of rotatable bonds is 3. The Labute approximate surface area is 87.7 Å². The standard InChI is InChI=1S/C9H12ClN3O/c1-9(3-4-9)13-8-6(14-2)7(10)11-5-12-8/h5H,3-4H2,1-2H3,(H,11,12,13). The van der Waals surface area contributed by atoms with Crippen molar-refractivity contribution in [2.24, 2.45) is 0 Å². The number of methoxy groups -OCH3 is 1. The van der Waals surface area contributed by atoms with Crippen LogP contribution in [0, 0.1) is 0 Å². The third-order valence-corrected chi connectivity index (χ3v) is 2.65. The van der Waals surface area contributed by atoms with E-state index in [4.69, 9.17) is 16.3 Å². The summed E-state index contributed by atoms with van der Waals surface area (Å²) < 4.78 is 5.13. The zero-order chi connectivity index (χ0) is 10.2. The topological polar surface area (TPSA) is 47.0 Å². The van der Waals surface area contributed by atoms with E-state index in [-0.39, 0.29) is 5.54 Å². The molecule has 1 N–H and O–H groups in total. The van der Waals surface area contributed by atoms with Crippen LogP contribution in [-0.4, -0.2) is 22.6 Å². The first-order valence-electron chi connectivity index (χ1n) is 4.47. The van der Waals surface area contributed by atoms with Crippen LogP contribution < -0.4 is 10.1 Å². The molecule has 4 nitrogen and oxygen atoms in total. The Hall–Kier alpha value is -1.03. The van der Waals surface area contributed by atoms with Crippen LogP contribution in [0.15, 0.2) is 6.33 Å². The largest absolute Gasteiger partial charge is 0.490 e. The number of nitrogens with zero attached hydrogens (tertiary/aromatic N) is 2. The van der Waals surface area contributed by atoms with Crippen LogP contribution in [0.1, 0.15) is 19.8 Å². The Balaban J connectivity index is 2.27. The predicted octanol–water partition coefficient (Wildman–Crippen LogP) is 2.10. The molecule has 14 heavy (non-hydrogen) atoms. The summed E-state index contributed by atoms with van der Waals surface area (Å²) >= 11 is 5.86. The number of hydrogen-bond acceptors (Lipinski definition) is 4. The molecule has 1 aromatic heterocycles. The Morgan fingerprint density at radius 2 is 2.21 bits per heavy atom. The average molecular weight is 214 g/mol. The average Bonchev–Trinajstić information content (AvgIpc) is 2.84. The Bertz CT molecular complexity index is 352. The van der Waals surface area contributed by atoms with Crippen molar-refractivity contribution in [3.8, 4) is 5.75 Å². The fourth-order valence-corrected chi connectivity index (χ4v) is 1.43. The maximum Gasteiger partial charge on any atom is 0.198 e. The second-order valence-electron chi connectivity index (χ2n) is 3.73. The molecule has 1 aromatic rings. The monoisotopic (exact) mass is 213 g/mol. The van der Waals surface area contributed by atoms with Gasteiger partial charge in [0.25, 0.3) is 0 Å². The number of anilines is 1. The Kier molecular flexibility index (Phi) is 2.23. The molecular formula is C9H12ClN3O. The second kappa shape index (κ2) is 3.28. The van der Waals surface area contributed by atoms with Gasteiger partial charge in [-0.2, -0.15) is 0 Å². The fraction of sp³-hybridized carbons (Fsp3) is 0.556. The van der Waals surface area contributed by atoms with Crippen LogP contribution in [0.2, 0.25) is 5.15 Å². The van der Waals surface area contributed by atoms with E-state index < -0.39 is 0 Å². The van der Waals surface area contributed by atoms with Crippen molar-refractivity contribution in [2.45, 2.75) is 25.3 Å². The molecule has 0 bridgehead atoms. The van der Waals surface area contributed by atoms with Crippen LogP contribution >= 0.6 is 11.6 Å². The summed E-state index contributed by atoms with van der Waals surface area (Å²) in [6, 6.07) is 0. The van der Waals surface area contributed by atoms with Crippen molar-refractivity contribution < 1.29 is 4.74 Å². The number of halogens is 1. The van der Waals surface area contributed by atoms with Gasteiger partial charge in [0.15, 0.2) is 16.7 Å². The van der Waals surface area contributed by atoms with Gasteiger partial charge in [-0.1, -0.05) is 11.6 Å². The second-order valence-corrected chi connectivity index (χ2v) is 4.09. The smallest absolute Gasteiger partial charge is 0.198 e. The minimum atomic E-state index is 0.158. The minimum Gasteiger partial charge on any atom is -0.490 e. The first-order chi connectivity index (χ1) is 6.64. The van der Waals surface area contributed by atoms with E-state index in [9.17, 15) is 0 Å². The van der Waals surface area contributed by atoms with Gasteiger partial charge in [0.05, 0.1) is 7.11 Å². The van der Waals surface area contributed by atoms with E-state index in [1.54, 1.807) is 7.11 Å². The highest BCUT2D eigenvalue weighted by Crippen LogP contribution is 2.40. The summed E-state index contributed by atoms with van der Waals surface area (Å²) in [6.07, 6.45) is 3.73. The third-order valence-electron chi connectivity index (χ3n) is 2.38. The molecule has 0 aliphatic heterocycles. The van der Waals surface area contributed by atoms with Crippen LogP contribution in [0.3, 0.4) is 0 Å². The molecule has 2 rings (SSSR count). The highest BCUT2D eigenvalue weighted by Gasteiger charge is 2.38. The van der Waals surface area contributed by atoms with Crippen LogP contribution in [0.4, 0.5) is 5.82 Å². The SMILES string of the molecule is COc1c(Cl)ncnc1NC1(C)CC1. The van der Waals surface area contributed by atoms with Gasteiger partial charge in [0.1, 0.15) is 6.33 Å². The van der Waals surface area contributed by atoms with Gasteiger partial charge >= 0.3 is 0 Å². The van der Waals surface area contributed by atoms with Crippen molar-refractivity contribution in [3.05, 3.63) is 11.5 Å². The fourth-order valence-electron chi connectivity index (χ4n) is 1.22. The zero-order valence-electron chi connectivity index (χ0n) is 8.17. The Morgan fingerprint density at radius 3 is 2.79 bits per heavy atom. The van der Waals surface area contributed by atoms with Crippen LogP contribution in [0.5, 0.6) is 5.75 Å². The maximum absolute atomic E-state index is 5.86. The van der Waals surface area contributed by atoms with E-state index in [1.807, 2.05) is 0 Å². The molecule has 76 valence electrons. The molecule has 1 aliphatic carbocycles. The van der Waals surface area contributed by atoms with Crippen molar-refractivity contribution in [1.29, 1.82) is 0 Å². The lowest BCUT2D eigenvalue weighted by Crippen LogP contribution is -2.17. The van der Waals surface area contributed by atoms with Gasteiger partial charge in [0, 0.05) is 5.54 Å². The number of aromatic nitrogens is 2. The molecule has 0 amide bonds. The first kappa shape index (κ1) is 9.52. The lowest BCUT2D eigenvalue weighted by atomic mass is 10.3. The third kappa shape index (κ3) is 1.75. The lowest BCUT2D eigenvalue weighted by molar-refractivity contribution is 0.412. The van der Waals surface area contributed by atoms with Crippen LogP contribution in [-0.2, 0) is 0 Å². The quantitative estimate of drug-likeness (QED) is 0.782. The van der Waals surface area contributed by atoms with Crippen molar-refractivity contribution in [2.75, 3.05) is 12.4 Å². The molecule has 0 saturated heterocycles. The van der Waals surface area contributed by atoms with E-state index in [1.165, 1.54) is 6.33 Å². The van der Waals surface area contributed by atoms with Crippen molar-refractivity contribution in [1.82, 2.24) is 9.97 Å². The highest BCUT2D eigenvalue weighted by molar-refractivity contribution is 6.31. The van der Waals surface area contributed by atoms with Gasteiger partial charge in [0.2, 0.25) is 0 Å². The molecule has 1 aliphatic rings. The molecule has 0 unspecified atom stereocenters. The molecule has 1 fully saturated rings. The predicted molar refractivity (Wildman–Crippen MR) is 54.9 cm³/mol. The molecule has 5 heteroatoms. The van der Waals surface area contributed by atoms with Gasteiger partial charge < -0.3 is 10.1 Å². The first-order valence-corrected chi connectivity index (χ1v) is 4.85. The van der Waals surface area contributed by atoms with Gasteiger partial charge in [-0.15, -0.1) is 0 Å². The maximum atomic E-state index is 5.86. The summed E-state index contributed by atoms with van der Waals surface area (Å²) in [5.74, 6) is 1.19. The van der Waals surface area contributed by atoms with Gasteiger partial charge in [-0.3, -0.25) is 0 Å². The molecule has 0 spiro atoms.